The van der Waals surface area contributed by atoms with Crippen LogP contribution >= 0.6 is 0 Å². The fourth-order valence-corrected chi connectivity index (χ4v) is 7.06. The number of ether oxygens (including phenoxy) is 6. The smallest absolute Gasteiger partial charge is 0.135 e. The summed E-state index contributed by atoms with van der Waals surface area (Å²) in [5.41, 5.74) is 0.886. The van der Waals surface area contributed by atoms with Crippen LogP contribution < -0.4 is 0 Å². The number of rotatable bonds is 7. The minimum atomic E-state index is -0.779. The van der Waals surface area contributed by atoms with E-state index in [-0.39, 0.29) is 48.0 Å². The molecule has 0 saturated carbocycles. The standard InChI is InChI=1S/C27H40O8/c1-15-9-18(31-13-15)5-7-27(2)12-21-24(35-27)26-25(34-21)22(29)23-20(33-26)4-3-19(32-23)11-17(28)10-16-6-8-30-14-16/h16,18-26,29H,1,3-14H2,2H3/t16-,18-,19+,20-,21+,22-,23?,24-,25?,26?,27+/m0/s1. The van der Waals surface area contributed by atoms with E-state index in [0.29, 0.717) is 32.0 Å². The normalized spacial score (nSPS) is 49.1. The first-order chi connectivity index (χ1) is 16.9. The molecule has 1 N–H and O–H groups in total. The van der Waals surface area contributed by atoms with Crippen LogP contribution in [0.25, 0.3) is 0 Å². The van der Waals surface area contributed by atoms with Gasteiger partial charge in [-0.25, -0.2) is 0 Å². The van der Waals surface area contributed by atoms with Crippen LogP contribution in [0.3, 0.4) is 0 Å². The molecule has 6 fully saturated rings. The summed E-state index contributed by atoms with van der Waals surface area (Å²) in [6.07, 6.45) is 4.63. The number of ketones is 1. The summed E-state index contributed by atoms with van der Waals surface area (Å²) in [7, 11) is 0. The van der Waals surface area contributed by atoms with E-state index in [1.54, 1.807) is 0 Å². The lowest BCUT2D eigenvalue weighted by molar-refractivity contribution is -0.266. The molecule has 0 spiro atoms. The maximum absolute atomic E-state index is 12.6. The highest BCUT2D eigenvalue weighted by molar-refractivity contribution is 5.79. The first-order valence-electron chi connectivity index (χ1n) is 13.6. The van der Waals surface area contributed by atoms with Crippen LogP contribution in [-0.2, 0) is 33.2 Å². The summed E-state index contributed by atoms with van der Waals surface area (Å²) >= 11 is 0. The number of hydrogen-bond donors (Lipinski definition) is 1. The predicted molar refractivity (Wildman–Crippen MR) is 125 cm³/mol. The molecule has 6 heterocycles. The zero-order valence-electron chi connectivity index (χ0n) is 20.8. The average Bonchev–Trinajstić information content (AvgIpc) is 3.59. The van der Waals surface area contributed by atoms with Crippen molar-refractivity contribution in [3.05, 3.63) is 12.2 Å². The summed E-state index contributed by atoms with van der Waals surface area (Å²) < 4.78 is 36.8. The van der Waals surface area contributed by atoms with E-state index in [1.165, 1.54) is 5.57 Å². The molecule has 8 heteroatoms. The first kappa shape index (κ1) is 24.5. The minimum Gasteiger partial charge on any atom is -0.387 e. The quantitative estimate of drug-likeness (QED) is 0.542. The molecule has 0 bridgehead atoms. The Kier molecular flexibility index (Phi) is 6.84. The van der Waals surface area contributed by atoms with Gasteiger partial charge in [0.15, 0.2) is 0 Å². The number of hydrogen-bond acceptors (Lipinski definition) is 8. The van der Waals surface area contributed by atoms with Crippen LogP contribution in [0.2, 0.25) is 0 Å². The summed E-state index contributed by atoms with van der Waals surface area (Å²) in [6.45, 7) is 8.28. The third kappa shape index (κ3) is 5.00. The summed E-state index contributed by atoms with van der Waals surface area (Å²) in [6, 6.07) is 0. The van der Waals surface area contributed by atoms with E-state index < -0.39 is 18.3 Å². The van der Waals surface area contributed by atoms with E-state index in [9.17, 15) is 9.90 Å². The number of Topliss-reactive ketones (excluding diaryl/α,β-unsaturated/α-hetero) is 1. The molecule has 0 aromatic heterocycles. The maximum Gasteiger partial charge on any atom is 0.135 e. The van der Waals surface area contributed by atoms with Crippen LogP contribution in [0.15, 0.2) is 12.2 Å². The zero-order chi connectivity index (χ0) is 24.2. The molecule has 0 aliphatic carbocycles. The third-order valence-corrected chi connectivity index (χ3v) is 8.92. The molecule has 196 valence electrons. The van der Waals surface area contributed by atoms with Gasteiger partial charge in [-0.3, -0.25) is 4.79 Å². The summed E-state index contributed by atoms with van der Waals surface area (Å²) in [5.74, 6) is 0.560. The molecule has 6 aliphatic heterocycles. The number of fused-ring (bicyclic) bond motifs is 4. The van der Waals surface area contributed by atoms with Crippen LogP contribution in [0.4, 0.5) is 0 Å². The highest BCUT2D eigenvalue weighted by atomic mass is 16.7. The van der Waals surface area contributed by atoms with Crippen molar-refractivity contribution in [1.29, 1.82) is 0 Å². The highest BCUT2D eigenvalue weighted by Crippen LogP contribution is 2.48. The van der Waals surface area contributed by atoms with Gasteiger partial charge in [0, 0.05) is 32.5 Å². The van der Waals surface area contributed by atoms with E-state index in [2.05, 4.69) is 13.5 Å². The lowest BCUT2D eigenvalue weighted by Gasteiger charge is -2.47. The van der Waals surface area contributed by atoms with Gasteiger partial charge in [-0.1, -0.05) is 6.58 Å². The molecule has 6 aliphatic rings. The largest absolute Gasteiger partial charge is 0.387 e. The second-order valence-corrected chi connectivity index (χ2v) is 11.9. The van der Waals surface area contributed by atoms with Crippen molar-refractivity contribution < 1.29 is 38.3 Å². The lowest BCUT2D eigenvalue weighted by Crippen LogP contribution is -2.61. The number of carbonyl (C=O) groups is 1. The van der Waals surface area contributed by atoms with Gasteiger partial charge in [0.1, 0.15) is 36.3 Å². The molecule has 11 atom stereocenters. The molecular formula is C27H40O8. The zero-order valence-corrected chi connectivity index (χ0v) is 20.8. The van der Waals surface area contributed by atoms with Crippen molar-refractivity contribution >= 4 is 5.78 Å². The fraction of sp³-hybridized carbons (Fsp3) is 0.889. The van der Waals surface area contributed by atoms with E-state index in [4.69, 9.17) is 28.4 Å². The Morgan fingerprint density at radius 1 is 1.03 bits per heavy atom. The average molecular weight is 493 g/mol. The van der Waals surface area contributed by atoms with Crippen molar-refractivity contribution in [1.82, 2.24) is 0 Å². The molecule has 0 aromatic carbocycles. The minimum absolute atomic E-state index is 0.0877. The van der Waals surface area contributed by atoms with E-state index >= 15 is 0 Å². The molecule has 0 radical (unpaired) electrons. The van der Waals surface area contributed by atoms with Crippen LogP contribution in [-0.4, -0.2) is 91.2 Å². The van der Waals surface area contributed by atoms with E-state index in [0.717, 1.165) is 51.6 Å². The third-order valence-electron chi connectivity index (χ3n) is 8.92. The molecule has 3 unspecified atom stereocenters. The van der Waals surface area contributed by atoms with Gasteiger partial charge in [-0.05, 0) is 56.9 Å². The van der Waals surface area contributed by atoms with Gasteiger partial charge in [0.2, 0.25) is 0 Å². The van der Waals surface area contributed by atoms with Crippen molar-refractivity contribution in [3.8, 4) is 0 Å². The molecule has 35 heavy (non-hydrogen) atoms. The Hall–Kier alpha value is -0.870. The second-order valence-electron chi connectivity index (χ2n) is 11.9. The van der Waals surface area contributed by atoms with Gasteiger partial charge in [0.25, 0.3) is 0 Å². The lowest BCUT2D eigenvalue weighted by atomic mass is 9.87. The van der Waals surface area contributed by atoms with Gasteiger partial charge in [0.05, 0.1) is 36.6 Å². The highest BCUT2D eigenvalue weighted by Gasteiger charge is 2.62. The van der Waals surface area contributed by atoms with E-state index in [1.807, 2.05) is 0 Å². The summed E-state index contributed by atoms with van der Waals surface area (Å²) in [4.78, 5) is 12.6. The molecule has 8 nitrogen and oxygen atoms in total. The first-order valence-corrected chi connectivity index (χ1v) is 13.6. The monoisotopic (exact) mass is 492 g/mol. The molecular weight excluding hydrogens is 452 g/mol. The molecule has 6 rings (SSSR count). The topological polar surface area (TPSA) is 92.7 Å². The SMILES string of the molecule is C=C1CO[C@@H](CC[C@]2(C)C[C@H]3OC4C(O[C@H]5CC[C@H](CC(=O)C[C@@H]6CCOC6)OC5[C@@H]4O)[C@H]3O2)C1. The molecule has 6 saturated heterocycles. The van der Waals surface area contributed by atoms with Crippen LogP contribution in [0, 0.1) is 5.92 Å². The Bertz CT molecular complexity index is 811. The summed E-state index contributed by atoms with van der Waals surface area (Å²) in [5, 5.41) is 11.2. The number of aliphatic hydroxyl groups excluding tert-OH is 1. The Morgan fingerprint density at radius 3 is 2.66 bits per heavy atom. The van der Waals surface area contributed by atoms with Crippen LogP contribution in [0.5, 0.6) is 0 Å². The van der Waals surface area contributed by atoms with Crippen molar-refractivity contribution in [2.75, 3.05) is 19.8 Å². The predicted octanol–water partition coefficient (Wildman–Crippen LogP) is 2.49. The second kappa shape index (κ2) is 9.78. The Balaban J connectivity index is 1.02. The molecule has 0 aromatic rings. The van der Waals surface area contributed by atoms with Gasteiger partial charge < -0.3 is 33.5 Å². The Morgan fingerprint density at radius 2 is 1.89 bits per heavy atom. The molecule has 0 amide bonds. The fourth-order valence-electron chi connectivity index (χ4n) is 7.06. The number of aliphatic hydroxyl groups is 1. The van der Waals surface area contributed by atoms with Crippen molar-refractivity contribution in [2.24, 2.45) is 5.92 Å². The van der Waals surface area contributed by atoms with Gasteiger partial charge in [-0.2, -0.15) is 0 Å². The van der Waals surface area contributed by atoms with Gasteiger partial charge in [-0.15, -0.1) is 0 Å². The van der Waals surface area contributed by atoms with Crippen molar-refractivity contribution in [3.63, 3.8) is 0 Å². The number of carbonyl (C=O) groups excluding carboxylic acids is 1. The van der Waals surface area contributed by atoms with Crippen LogP contribution in [0.1, 0.15) is 64.7 Å². The van der Waals surface area contributed by atoms with Gasteiger partial charge >= 0.3 is 0 Å². The van der Waals surface area contributed by atoms with Crippen molar-refractivity contribution in [2.45, 2.75) is 125 Å². The Labute approximate surface area is 207 Å². The maximum atomic E-state index is 12.6.